The number of rotatable bonds is 4. The van der Waals surface area contributed by atoms with Gasteiger partial charge in [0.2, 0.25) is 5.91 Å². The van der Waals surface area contributed by atoms with E-state index in [1.165, 1.54) is 0 Å². The molecule has 0 aliphatic carbocycles. The first-order chi connectivity index (χ1) is 10.1. The normalized spacial score (nSPS) is 21.0. The van der Waals surface area contributed by atoms with Crippen LogP contribution in [-0.4, -0.2) is 43.0 Å². The first kappa shape index (κ1) is 16.6. The number of hydrogen-bond acceptors (Lipinski definition) is 3. The van der Waals surface area contributed by atoms with Gasteiger partial charge in [-0.15, -0.1) is 0 Å². The van der Waals surface area contributed by atoms with Crippen molar-refractivity contribution in [3.05, 3.63) is 33.8 Å². The van der Waals surface area contributed by atoms with E-state index < -0.39 is 0 Å². The molecule has 21 heavy (non-hydrogen) atoms. The van der Waals surface area contributed by atoms with E-state index in [0.29, 0.717) is 23.1 Å². The second kappa shape index (κ2) is 7.45. The van der Waals surface area contributed by atoms with Gasteiger partial charge in [0.1, 0.15) is 6.04 Å². The Morgan fingerprint density at radius 2 is 2.29 bits per heavy atom. The number of piperazine rings is 1. The zero-order chi connectivity index (χ0) is 15.4. The molecule has 2 atom stereocenters. The fourth-order valence-electron chi connectivity index (χ4n) is 2.74. The molecule has 1 saturated heterocycles. The van der Waals surface area contributed by atoms with Crippen molar-refractivity contribution in [3.63, 3.8) is 0 Å². The second-order valence-corrected chi connectivity index (χ2v) is 5.96. The van der Waals surface area contributed by atoms with Crippen molar-refractivity contribution in [1.29, 1.82) is 0 Å². The molecule has 1 aliphatic rings. The third-order valence-corrected chi connectivity index (χ3v) is 4.70. The second-order valence-electron chi connectivity index (χ2n) is 5.17. The molecule has 1 fully saturated rings. The largest absolute Gasteiger partial charge is 0.355 e. The Morgan fingerprint density at radius 3 is 3.00 bits per heavy atom. The van der Waals surface area contributed by atoms with Crippen LogP contribution in [0.25, 0.3) is 0 Å². The SMILES string of the molecule is CCNC(=O)C1CNCCN1C(C)c1cccc(Cl)c1Cl. The average molecular weight is 330 g/mol. The third kappa shape index (κ3) is 3.69. The predicted octanol–water partition coefficient (Wildman–Crippen LogP) is 2.46. The summed E-state index contributed by atoms with van der Waals surface area (Å²) >= 11 is 12.4. The molecule has 2 N–H and O–H groups in total. The number of benzene rings is 1. The summed E-state index contributed by atoms with van der Waals surface area (Å²) in [5, 5.41) is 7.29. The summed E-state index contributed by atoms with van der Waals surface area (Å²) in [6, 6.07) is 5.48. The summed E-state index contributed by atoms with van der Waals surface area (Å²) < 4.78 is 0. The fourth-order valence-corrected chi connectivity index (χ4v) is 3.21. The highest BCUT2D eigenvalue weighted by Crippen LogP contribution is 2.33. The minimum Gasteiger partial charge on any atom is -0.355 e. The number of amides is 1. The summed E-state index contributed by atoms with van der Waals surface area (Å²) in [7, 11) is 0. The van der Waals surface area contributed by atoms with Crippen molar-refractivity contribution in [1.82, 2.24) is 15.5 Å². The van der Waals surface area contributed by atoms with Crippen molar-refractivity contribution in [3.8, 4) is 0 Å². The molecule has 2 unspecified atom stereocenters. The standard InChI is InChI=1S/C15H21Cl2N3O/c1-3-19-15(21)13-9-18-7-8-20(13)10(2)11-5-4-6-12(16)14(11)17/h4-6,10,13,18H,3,7-9H2,1-2H3,(H,19,21). The Labute approximate surface area is 135 Å². The monoisotopic (exact) mass is 329 g/mol. The van der Waals surface area contributed by atoms with Crippen LogP contribution in [0.3, 0.4) is 0 Å². The van der Waals surface area contributed by atoms with Crippen LogP contribution in [0.5, 0.6) is 0 Å². The number of likely N-dealkylation sites (N-methyl/N-ethyl adjacent to an activating group) is 1. The molecule has 1 amide bonds. The zero-order valence-corrected chi connectivity index (χ0v) is 13.8. The number of nitrogens with one attached hydrogen (secondary N) is 2. The molecule has 1 aromatic rings. The minimum atomic E-state index is -0.191. The number of carbonyl (C=O) groups excluding carboxylic acids is 1. The lowest BCUT2D eigenvalue weighted by atomic mass is 10.0. The quantitative estimate of drug-likeness (QED) is 0.891. The lowest BCUT2D eigenvalue weighted by molar-refractivity contribution is -0.128. The molecule has 0 radical (unpaired) electrons. The van der Waals surface area contributed by atoms with Crippen LogP contribution in [-0.2, 0) is 4.79 Å². The number of halogens is 2. The molecule has 0 saturated carbocycles. The van der Waals surface area contributed by atoms with Crippen LogP contribution in [0.1, 0.15) is 25.5 Å². The van der Waals surface area contributed by atoms with Crippen LogP contribution >= 0.6 is 23.2 Å². The van der Waals surface area contributed by atoms with Gasteiger partial charge < -0.3 is 10.6 Å². The maximum Gasteiger partial charge on any atom is 0.238 e. The summed E-state index contributed by atoms with van der Waals surface area (Å²) in [6.07, 6.45) is 0. The van der Waals surface area contributed by atoms with Crippen LogP contribution in [0.4, 0.5) is 0 Å². The van der Waals surface area contributed by atoms with Gasteiger partial charge in [0.25, 0.3) is 0 Å². The average Bonchev–Trinajstić information content (AvgIpc) is 2.49. The van der Waals surface area contributed by atoms with Crippen molar-refractivity contribution in [2.45, 2.75) is 25.9 Å². The first-order valence-corrected chi connectivity index (χ1v) is 8.00. The van der Waals surface area contributed by atoms with Crippen LogP contribution in [0, 0.1) is 0 Å². The third-order valence-electron chi connectivity index (χ3n) is 3.87. The summed E-state index contributed by atoms with van der Waals surface area (Å²) in [6.45, 7) is 6.93. The predicted molar refractivity (Wildman–Crippen MR) is 86.9 cm³/mol. The molecule has 1 aromatic carbocycles. The topological polar surface area (TPSA) is 44.4 Å². The first-order valence-electron chi connectivity index (χ1n) is 7.24. The van der Waals surface area contributed by atoms with E-state index in [0.717, 1.165) is 18.7 Å². The van der Waals surface area contributed by atoms with Gasteiger partial charge in [0.15, 0.2) is 0 Å². The van der Waals surface area contributed by atoms with Crippen molar-refractivity contribution >= 4 is 29.1 Å². The van der Waals surface area contributed by atoms with E-state index in [2.05, 4.69) is 22.5 Å². The maximum absolute atomic E-state index is 12.2. The van der Waals surface area contributed by atoms with Crippen LogP contribution in [0.15, 0.2) is 18.2 Å². The molecular formula is C15H21Cl2N3O. The summed E-state index contributed by atoms with van der Waals surface area (Å²) in [5.74, 6) is 0.0506. The smallest absolute Gasteiger partial charge is 0.238 e. The van der Waals surface area contributed by atoms with Gasteiger partial charge in [0, 0.05) is 32.2 Å². The van der Waals surface area contributed by atoms with Gasteiger partial charge in [-0.2, -0.15) is 0 Å². The summed E-state index contributed by atoms with van der Waals surface area (Å²) in [4.78, 5) is 14.4. The van der Waals surface area contributed by atoms with Gasteiger partial charge in [-0.05, 0) is 25.5 Å². The Kier molecular flexibility index (Phi) is 5.88. The molecule has 0 spiro atoms. The highest BCUT2D eigenvalue weighted by molar-refractivity contribution is 6.42. The van der Waals surface area contributed by atoms with Crippen LogP contribution < -0.4 is 10.6 Å². The van der Waals surface area contributed by atoms with Crippen molar-refractivity contribution < 1.29 is 4.79 Å². The number of nitrogens with zero attached hydrogens (tertiary/aromatic N) is 1. The number of carbonyl (C=O) groups is 1. The summed E-state index contributed by atoms with van der Waals surface area (Å²) in [5.41, 5.74) is 0.959. The Morgan fingerprint density at radius 1 is 1.52 bits per heavy atom. The van der Waals surface area contributed by atoms with E-state index >= 15 is 0 Å². The molecule has 1 aliphatic heterocycles. The fraction of sp³-hybridized carbons (Fsp3) is 0.533. The minimum absolute atomic E-state index is 0.0332. The Balaban J connectivity index is 2.24. The molecular weight excluding hydrogens is 309 g/mol. The number of hydrogen-bond donors (Lipinski definition) is 2. The van der Waals surface area contributed by atoms with Gasteiger partial charge in [-0.1, -0.05) is 35.3 Å². The van der Waals surface area contributed by atoms with Crippen molar-refractivity contribution in [2.24, 2.45) is 0 Å². The van der Waals surface area contributed by atoms with E-state index in [9.17, 15) is 4.79 Å². The van der Waals surface area contributed by atoms with E-state index in [1.54, 1.807) is 6.07 Å². The lowest BCUT2D eigenvalue weighted by Gasteiger charge is -2.39. The Hall–Kier alpha value is -0.810. The molecule has 6 heteroatoms. The van der Waals surface area contributed by atoms with E-state index in [4.69, 9.17) is 23.2 Å². The highest BCUT2D eigenvalue weighted by Gasteiger charge is 2.32. The van der Waals surface area contributed by atoms with Gasteiger partial charge >= 0.3 is 0 Å². The van der Waals surface area contributed by atoms with E-state index in [-0.39, 0.29) is 18.0 Å². The molecule has 116 valence electrons. The Bertz CT molecular complexity index is 510. The molecule has 0 bridgehead atoms. The van der Waals surface area contributed by atoms with E-state index in [1.807, 2.05) is 19.1 Å². The molecule has 2 rings (SSSR count). The van der Waals surface area contributed by atoms with Gasteiger partial charge in [-0.3, -0.25) is 9.69 Å². The van der Waals surface area contributed by atoms with Crippen LogP contribution in [0.2, 0.25) is 10.0 Å². The molecule has 0 aromatic heterocycles. The van der Waals surface area contributed by atoms with Gasteiger partial charge in [-0.25, -0.2) is 0 Å². The highest BCUT2D eigenvalue weighted by atomic mass is 35.5. The molecule has 4 nitrogen and oxygen atoms in total. The van der Waals surface area contributed by atoms with Crippen molar-refractivity contribution in [2.75, 3.05) is 26.2 Å². The lowest BCUT2D eigenvalue weighted by Crippen LogP contribution is -2.58. The maximum atomic E-state index is 12.2. The molecule has 1 heterocycles. The zero-order valence-electron chi connectivity index (χ0n) is 12.3. The van der Waals surface area contributed by atoms with Gasteiger partial charge in [0.05, 0.1) is 10.0 Å².